The Morgan fingerprint density at radius 2 is 2.07 bits per heavy atom. The second-order valence-electron chi connectivity index (χ2n) is 8.40. The number of rotatable bonds is 3. The lowest BCUT2D eigenvalue weighted by molar-refractivity contribution is -0.174. The first-order valence-electron chi connectivity index (χ1n) is 10.2. The van der Waals surface area contributed by atoms with Crippen molar-refractivity contribution in [1.29, 1.82) is 0 Å². The van der Waals surface area contributed by atoms with Crippen molar-refractivity contribution in [2.75, 3.05) is 11.9 Å². The van der Waals surface area contributed by atoms with Gasteiger partial charge in [0.25, 0.3) is 5.91 Å². The molecule has 1 saturated heterocycles. The molecule has 0 saturated carbocycles. The van der Waals surface area contributed by atoms with Crippen LogP contribution in [-0.4, -0.2) is 49.7 Å². The van der Waals surface area contributed by atoms with Crippen LogP contribution >= 0.6 is 0 Å². The van der Waals surface area contributed by atoms with Gasteiger partial charge >= 0.3 is 6.18 Å². The van der Waals surface area contributed by atoms with Crippen molar-refractivity contribution in [1.82, 2.24) is 25.0 Å². The van der Waals surface area contributed by atoms with Gasteiger partial charge in [-0.1, -0.05) is 19.0 Å². The maximum Gasteiger partial charge on any atom is 0.410 e. The molecule has 0 aliphatic carbocycles. The third kappa shape index (κ3) is 3.65. The molecule has 8 nitrogen and oxygen atoms in total. The van der Waals surface area contributed by atoms with Gasteiger partial charge in [0.1, 0.15) is 11.5 Å². The Hall–Kier alpha value is -2.59. The van der Waals surface area contributed by atoms with Gasteiger partial charge in [-0.25, -0.2) is 9.31 Å². The average Bonchev–Trinajstić information content (AvgIpc) is 3.31. The summed E-state index contributed by atoms with van der Waals surface area (Å²) in [5.41, 5.74) is 0.961. The van der Waals surface area contributed by atoms with Crippen molar-refractivity contribution in [3.05, 3.63) is 23.1 Å². The van der Waals surface area contributed by atoms with E-state index in [0.29, 0.717) is 30.2 Å². The molecule has 1 amide bonds. The molecule has 2 aromatic heterocycles. The van der Waals surface area contributed by atoms with E-state index in [9.17, 15) is 18.0 Å². The zero-order valence-electron chi connectivity index (χ0n) is 17.1. The predicted molar refractivity (Wildman–Crippen MR) is 101 cm³/mol. The summed E-state index contributed by atoms with van der Waals surface area (Å²) in [6.45, 7) is 5.90. The number of nitrogens with one attached hydrogen (secondary N) is 1. The molecular weight excluding hydrogens is 401 g/mol. The molecule has 164 valence electrons. The van der Waals surface area contributed by atoms with Crippen LogP contribution in [0.2, 0.25) is 0 Å². The summed E-state index contributed by atoms with van der Waals surface area (Å²) < 4.78 is 47.0. The van der Waals surface area contributed by atoms with Crippen LogP contribution in [0.5, 0.6) is 0 Å². The molecule has 0 radical (unpaired) electrons. The summed E-state index contributed by atoms with van der Waals surface area (Å²) in [4.78, 5) is 14.6. The van der Waals surface area contributed by atoms with Crippen LogP contribution in [0.15, 0.2) is 10.7 Å². The van der Waals surface area contributed by atoms with Gasteiger partial charge in [0.05, 0.1) is 11.7 Å². The predicted octanol–water partition coefficient (Wildman–Crippen LogP) is 3.89. The number of anilines is 1. The lowest BCUT2D eigenvalue weighted by Gasteiger charge is -2.35. The van der Waals surface area contributed by atoms with Crippen LogP contribution in [0.3, 0.4) is 0 Å². The molecule has 3 atom stereocenters. The maximum atomic E-state index is 13.8. The van der Waals surface area contributed by atoms with Crippen molar-refractivity contribution in [3.63, 3.8) is 0 Å². The number of nitrogens with zero attached hydrogens (tertiary/aromatic N) is 5. The Labute approximate surface area is 171 Å². The Bertz CT molecular complexity index is 922. The van der Waals surface area contributed by atoms with E-state index in [4.69, 9.17) is 0 Å². The number of piperidine rings is 1. The average molecular weight is 426 g/mol. The Kier molecular flexibility index (Phi) is 5.23. The number of likely N-dealkylation sites (tertiary alicyclic amines) is 1. The van der Waals surface area contributed by atoms with E-state index in [0.717, 1.165) is 17.5 Å². The van der Waals surface area contributed by atoms with Gasteiger partial charge < -0.3 is 10.2 Å². The number of fused-ring (bicyclic) bond motifs is 1. The molecule has 11 heteroatoms. The molecule has 4 heterocycles. The van der Waals surface area contributed by atoms with Gasteiger partial charge in [0.2, 0.25) is 0 Å². The van der Waals surface area contributed by atoms with E-state index >= 15 is 0 Å². The summed E-state index contributed by atoms with van der Waals surface area (Å²) in [5.74, 6) is 0.0386. The molecule has 30 heavy (non-hydrogen) atoms. The van der Waals surface area contributed by atoms with Crippen molar-refractivity contribution in [3.8, 4) is 0 Å². The Morgan fingerprint density at radius 3 is 2.70 bits per heavy atom. The Morgan fingerprint density at radius 1 is 1.30 bits per heavy atom. The van der Waals surface area contributed by atoms with E-state index < -0.39 is 18.3 Å². The van der Waals surface area contributed by atoms with Crippen LogP contribution in [0.4, 0.5) is 19.0 Å². The smallest absolute Gasteiger partial charge is 0.367 e. The highest BCUT2D eigenvalue weighted by Gasteiger charge is 2.47. The van der Waals surface area contributed by atoms with E-state index in [1.54, 1.807) is 17.9 Å². The Balaban J connectivity index is 1.68. The highest BCUT2D eigenvalue weighted by Crippen LogP contribution is 2.42. The van der Waals surface area contributed by atoms with Crippen LogP contribution in [-0.2, 0) is 0 Å². The fraction of sp³-hybridized carbons (Fsp3) is 0.684. The van der Waals surface area contributed by atoms with E-state index in [1.807, 2.05) is 13.8 Å². The highest BCUT2D eigenvalue weighted by atomic mass is 19.4. The standard InChI is InChI=1S/C19H25F3N6O2/c1-10(2)12-8-15(19(20,21)22)28-16(23-12)9-13(24-28)14-6-4-5-7-27(14)18(29)17-11(3)25-30-26-17/h9-10,12,14-15,23H,4-8H2,1-3H3/t12-,14?,15+/m0/s1. The summed E-state index contributed by atoms with van der Waals surface area (Å²) in [5, 5.41) is 14.9. The van der Waals surface area contributed by atoms with Crippen molar-refractivity contribution in [2.45, 2.75) is 70.8 Å². The number of hydrogen-bond acceptors (Lipinski definition) is 6. The number of amides is 1. The second kappa shape index (κ2) is 7.59. The monoisotopic (exact) mass is 426 g/mol. The van der Waals surface area contributed by atoms with Crippen LogP contribution in [0.25, 0.3) is 0 Å². The minimum Gasteiger partial charge on any atom is -0.367 e. The first-order valence-corrected chi connectivity index (χ1v) is 10.2. The molecule has 4 rings (SSSR count). The first kappa shape index (κ1) is 20.7. The maximum absolute atomic E-state index is 13.8. The fourth-order valence-electron chi connectivity index (χ4n) is 4.27. The van der Waals surface area contributed by atoms with Crippen LogP contribution in [0, 0.1) is 12.8 Å². The van der Waals surface area contributed by atoms with Gasteiger partial charge in [-0.05, 0) is 43.7 Å². The normalized spacial score (nSPS) is 24.6. The van der Waals surface area contributed by atoms with E-state index in [-0.39, 0.29) is 30.0 Å². The lowest BCUT2D eigenvalue weighted by Crippen LogP contribution is -2.41. The lowest BCUT2D eigenvalue weighted by atomic mass is 9.94. The molecule has 0 spiro atoms. The van der Waals surface area contributed by atoms with Crippen molar-refractivity contribution in [2.24, 2.45) is 5.92 Å². The van der Waals surface area contributed by atoms with Gasteiger partial charge in [-0.3, -0.25) is 4.79 Å². The quantitative estimate of drug-likeness (QED) is 0.801. The van der Waals surface area contributed by atoms with Crippen LogP contribution in [0.1, 0.15) is 73.5 Å². The van der Waals surface area contributed by atoms with E-state index in [1.165, 1.54) is 0 Å². The van der Waals surface area contributed by atoms with Crippen LogP contribution < -0.4 is 5.32 Å². The molecule has 1 N–H and O–H groups in total. The van der Waals surface area contributed by atoms with E-state index in [2.05, 4.69) is 25.4 Å². The molecule has 0 bridgehead atoms. The molecule has 2 aliphatic heterocycles. The number of halogens is 3. The summed E-state index contributed by atoms with van der Waals surface area (Å²) in [6.07, 6.45) is -2.20. The molecule has 2 aliphatic rings. The number of carbonyl (C=O) groups excluding carboxylic acids is 1. The van der Waals surface area contributed by atoms with Crippen molar-refractivity contribution < 1.29 is 22.6 Å². The second-order valence-corrected chi connectivity index (χ2v) is 8.40. The van der Waals surface area contributed by atoms with Gasteiger partial charge in [0, 0.05) is 18.7 Å². The first-order chi connectivity index (χ1) is 14.2. The zero-order valence-corrected chi connectivity index (χ0v) is 17.1. The minimum atomic E-state index is -4.40. The van der Waals surface area contributed by atoms with Gasteiger partial charge in [0.15, 0.2) is 11.7 Å². The minimum absolute atomic E-state index is 0.0392. The SMILES string of the molecule is Cc1nonc1C(=O)N1CCCCC1c1cc2n(n1)[C@@H](C(F)(F)F)C[C@@H](C(C)C)N2. The highest BCUT2D eigenvalue weighted by molar-refractivity contribution is 5.93. The summed E-state index contributed by atoms with van der Waals surface area (Å²) >= 11 is 0. The van der Waals surface area contributed by atoms with Gasteiger partial charge in [-0.2, -0.15) is 18.3 Å². The third-order valence-corrected chi connectivity index (χ3v) is 6.00. The third-order valence-electron chi connectivity index (χ3n) is 6.00. The summed E-state index contributed by atoms with van der Waals surface area (Å²) in [7, 11) is 0. The molecule has 1 unspecified atom stereocenters. The number of alkyl halides is 3. The topological polar surface area (TPSA) is 89.1 Å². The number of aromatic nitrogens is 4. The number of aryl methyl sites for hydroxylation is 1. The number of hydrogen-bond donors (Lipinski definition) is 1. The summed E-state index contributed by atoms with van der Waals surface area (Å²) in [6, 6.07) is -0.767. The molecule has 1 fully saturated rings. The van der Waals surface area contributed by atoms with Gasteiger partial charge in [-0.15, -0.1) is 0 Å². The van der Waals surface area contributed by atoms with Crippen molar-refractivity contribution >= 4 is 11.7 Å². The largest absolute Gasteiger partial charge is 0.410 e. The number of carbonyl (C=O) groups is 1. The zero-order chi connectivity index (χ0) is 21.6. The molecular formula is C19H25F3N6O2. The molecule has 2 aromatic rings. The fourth-order valence-corrected chi connectivity index (χ4v) is 4.27. The molecule has 0 aromatic carbocycles.